The number of esters is 2. The smallest absolute Gasteiger partial charge is 0.413 e. The van der Waals surface area contributed by atoms with Gasteiger partial charge in [0.05, 0.1) is 17.8 Å². The van der Waals surface area contributed by atoms with Crippen LogP contribution < -0.4 is 25.4 Å². The van der Waals surface area contributed by atoms with Gasteiger partial charge in [-0.3, -0.25) is 20.3 Å². The van der Waals surface area contributed by atoms with E-state index in [-0.39, 0.29) is 31.3 Å². The first-order valence-electron chi connectivity index (χ1n) is 18.7. The van der Waals surface area contributed by atoms with E-state index in [2.05, 4.69) is 16.0 Å². The zero-order valence-corrected chi connectivity index (χ0v) is 35.2. The number of carbonyl (C=O) groups is 4. The minimum absolute atomic E-state index is 0.0502. The molecule has 0 saturated carbocycles. The highest BCUT2D eigenvalue weighted by Crippen LogP contribution is 2.36. The Morgan fingerprint density at radius 3 is 2.07 bits per heavy atom. The van der Waals surface area contributed by atoms with Gasteiger partial charge < -0.3 is 39.1 Å². The lowest BCUT2D eigenvalue weighted by Crippen LogP contribution is -2.36. The van der Waals surface area contributed by atoms with Crippen molar-refractivity contribution in [2.24, 2.45) is 0 Å². The van der Waals surface area contributed by atoms with Gasteiger partial charge in [0.1, 0.15) is 29.7 Å². The zero-order chi connectivity index (χ0) is 42.7. The summed E-state index contributed by atoms with van der Waals surface area (Å²) in [5, 5.41) is 16.9. The first kappa shape index (κ1) is 45.8. The maximum atomic E-state index is 13.7. The standard InChI is InChI=1S/C43H58N4O10/c1-26-13-18-34(33(19-26)39(50)46-32-16-14-30(15-17-32)38(44)47-40(51)57-43(10,11)12)45-22-31-20-29(24-52-28(3)48)21-35(55-27(2)23-54-41(4,5)6)37(31)53-25-36(49)56-42(7,8)9/h13-21,27,45H,22-25H2,1-12H3,(H,46,50)(H2,44,47,51). The summed E-state index contributed by atoms with van der Waals surface area (Å²) in [5.41, 5.74) is 1.85. The second-order valence-corrected chi connectivity index (χ2v) is 16.5. The maximum Gasteiger partial charge on any atom is 0.413 e. The molecule has 3 aromatic carbocycles. The summed E-state index contributed by atoms with van der Waals surface area (Å²) >= 11 is 0. The van der Waals surface area contributed by atoms with Crippen molar-refractivity contribution in [3.63, 3.8) is 0 Å². The summed E-state index contributed by atoms with van der Waals surface area (Å²) < 4.78 is 34.5. The molecule has 310 valence electrons. The van der Waals surface area contributed by atoms with Gasteiger partial charge in [-0.2, -0.15) is 0 Å². The molecule has 1 unspecified atom stereocenters. The fraction of sp³-hybridized carbons (Fsp3) is 0.465. The third-order valence-corrected chi connectivity index (χ3v) is 7.41. The average molecular weight is 791 g/mol. The molecular formula is C43H58N4O10. The van der Waals surface area contributed by atoms with Crippen LogP contribution in [0.1, 0.15) is 109 Å². The number of amidine groups is 1. The molecule has 0 aliphatic heterocycles. The van der Waals surface area contributed by atoms with Gasteiger partial charge in [-0.15, -0.1) is 0 Å². The first-order chi connectivity index (χ1) is 26.4. The normalized spacial score (nSPS) is 12.1. The number of benzene rings is 3. The number of anilines is 2. The molecule has 4 N–H and O–H groups in total. The molecule has 0 spiro atoms. The quantitative estimate of drug-likeness (QED) is 0.0505. The first-order valence-corrected chi connectivity index (χ1v) is 18.7. The highest BCUT2D eigenvalue weighted by Gasteiger charge is 2.23. The Morgan fingerprint density at radius 2 is 1.47 bits per heavy atom. The molecule has 0 fully saturated rings. The maximum absolute atomic E-state index is 13.7. The lowest BCUT2D eigenvalue weighted by atomic mass is 10.1. The monoisotopic (exact) mass is 790 g/mol. The molecule has 0 aromatic heterocycles. The van der Waals surface area contributed by atoms with Crippen molar-refractivity contribution in [3.05, 3.63) is 82.4 Å². The predicted molar refractivity (Wildman–Crippen MR) is 218 cm³/mol. The van der Waals surface area contributed by atoms with Crippen LogP contribution in [-0.4, -0.2) is 65.9 Å². The molecule has 1 atom stereocenters. The van der Waals surface area contributed by atoms with E-state index >= 15 is 0 Å². The summed E-state index contributed by atoms with van der Waals surface area (Å²) in [4.78, 5) is 50.4. The molecule has 3 aromatic rings. The molecule has 0 bridgehead atoms. The van der Waals surface area contributed by atoms with Crippen molar-refractivity contribution in [3.8, 4) is 11.5 Å². The number of aryl methyl sites for hydroxylation is 1. The van der Waals surface area contributed by atoms with E-state index in [0.29, 0.717) is 39.4 Å². The minimum atomic E-state index is -0.744. The molecule has 57 heavy (non-hydrogen) atoms. The van der Waals surface area contributed by atoms with Gasteiger partial charge in [0.25, 0.3) is 5.91 Å². The highest BCUT2D eigenvalue weighted by atomic mass is 16.6. The van der Waals surface area contributed by atoms with Crippen LogP contribution in [-0.2, 0) is 41.7 Å². The van der Waals surface area contributed by atoms with Gasteiger partial charge in [-0.25, -0.2) is 9.59 Å². The fourth-order valence-electron chi connectivity index (χ4n) is 5.08. The van der Waals surface area contributed by atoms with Gasteiger partial charge in [-0.05, 0) is 130 Å². The third kappa shape index (κ3) is 16.6. The molecule has 2 amide bonds. The van der Waals surface area contributed by atoms with E-state index in [1.165, 1.54) is 6.92 Å². The van der Waals surface area contributed by atoms with Crippen LogP contribution in [0.3, 0.4) is 0 Å². The topological polar surface area (TPSA) is 184 Å². The zero-order valence-electron chi connectivity index (χ0n) is 35.2. The van der Waals surface area contributed by atoms with Crippen LogP contribution in [0.15, 0.2) is 54.6 Å². The Morgan fingerprint density at radius 1 is 0.825 bits per heavy atom. The number of amides is 2. The van der Waals surface area contributed by atoms with Gasteiger partial charge in [0.2, 0.25) is 0 Å². The van der Waals surface area contributed by atoms with Crippen molar-refractivity contribution < 1.29 is 47.6 Å². The van der Waals surface area contributed by atoms with Gasteiger partial charge in [0, 0.05) is 36.0 Å². The second kappa shape index (κ2) is 19.5. The fourth-order valence-corrected chi connectivity index (χ4v) is 5.08. The van der Waals surface area contributed by atoms with E-state index in [9.17, 15) is 19.2 Å². The van der Waals surface area contributed by atoms with Crippen LogP contribution in [0.4, 0.5) is 16.2 Å². The molecule has 14 heteroatoms. The summed E-state index contributed by atoms with van der Waals surface area (Å²) in [5.74, 6) is -1.05. The molecule has 0 heterocycles. The number of nitrogens with one attached hydrogen (secondary N) is 4. The SMILES string of the molecule is CC(=O)OCc1cc(CNc2ccc(C)cc2C(=O)Nc2ccc(C(=N)NC(=O)OC(C)(C)C)cc2)c(OCC(=O)OC(C)(C)C)c(OC(C)COC(C)(C)C)c1. The average Bonchev–Trinajstić information content (AvgIpc) is 3.07. The molecule has 14 nitrogen and oxygen atoms in total. The van der Waals surface area contributed by atoms with Crippen molar-refractivity contribution in [1.82, 2.24) is 5.32 Å². The van der Waals surface area contributed by atoms with E-state index in [4.69, 9.17) is 33.8 Å². The third-order valence-electron chi connectivity index (χ3n) is 7.41. The number of carbonyl (C=O) groups excluding carboxylic acids is 4. The van der Waals surface area contributed by atoms with Crippen LogP contribution >= 0.6 is 0 Å². The Kier molecular flexibility index (Phi) is 15.6. The number of alkyl carbamates (subject to hydrolysis) is 1. The minimum Gasteiger partial charge on any atom is -0.484 e. The van der Waals surface area contributed by atoms with E-state index < -0.39 is 53.5 Å². The lowest BCUT2D eigenvalue weighted by molar-refractivity contribution is -0.157. The number of hydrogen-bond acceptors (Lipinski definition) is 12. The molecule has 0 radical (unpaired) electrons. The van der Waals surface area contributed by atoms with Crippen molar-refractivity contribution in [1.29, 1.82) is 5.41 Å². The summed E-state index contributed by atoms with van der Waals surface area (Å²) in [6.45, 7) is 21.2. The Balaban J connectivity index is 1.92. The summed E-state index contributed by atoms with van der Waals surface area (Å²) in [6, 6.07) is 15.3. The highest BCUT2D eigenvalue weighted by molar-refractivity contribution is 6.09. The lowest BCUT2D eigenvalue weighted by Gasteiger charge is -2.25. The van der Waals surface area contributed by atoms with Crippen LogP contribution in [0.5, 0.6) is 11.5 Å². The summed E-state index contributed by atoms with van der Waals surface area (Å²) in [6.07, 6.45) is -1.18. The molecular weight excluding hydrogens is 732 g/mol. The number of hydrogen-bond donors (Lipinski definition) is 4. The number of ether oxygens (including phenoxy) is 6. The predicted octanol–water partition coefficient (Wildman–Crippen LogP) is 8.08. The molecule has 0 saturated heterocycles. The van der Waals surface area contributed by atoms with Gasteiger partial charge >= 0.3 is 18.0 Å². The van der Waals surface area contributed by atoms with Gasteiger partial charge in [0.15, 0.2) is 18.1 Å². The van der Waals surface area contributed by atoms with Crippen molar-refractivity contribution in [2.45, 2.75) is 119 Å². The Labute approximate surface area is 335 Å². The van der Waals surface area contributed by atoms with Crippen molar-refractivity contribution in [2.75, 3.05) is 23.8 Å². The van der Waals surface area contributed by atoms with E-state index in [1.54, 1.807) is 90.1 Å². The number of rotatable bonds is 15. The van der Waals surface area contributed by atoms with E-state index in [0.717, 1.165) is 5.56 Å². The molecule has 0 aliphatic rings. The summed E-state index contributed by atoms with van der Waals surface area (Å²) in [7, 11) is 0. The van der Waals surface area contributed by atoms with Crippen LogP contribution in [0.2, 0.25) is 0 Å². The van der Waals surface area contributed by atoms with Gasteiger partial charge in [-0.1, -0.05) is 11.6 Å². The second-order valence-electron chi connectivity index (χ2n) is 16.5. The van der Waals surface area contributed by atoms with Crippen LogP contribution in [0, 0.1) is 12.3 Å². The Bertz CT molecular complexity index is 1900. The molecule has 0 aliphatic carbocycles. The van der Waals surface area contributed by atoms with Crippen molar-refractivity contribution >= 4 is 41.1 Å². The van der Waals surface area contributed by atoms with E-state index in [1.807, 2.05) is 40.7 Å². The largest absolute Gasteiger partial charge is 0.484 e. The Hall–Kier alpha value is -5.63. The molecule has 3 rings (SSSR count). The van der Waals surface area contributed by atoms with Crippen LogP contribution in [0.25, 0.3) is 0 Å².